The lowest BCUT2D eigenvalue weighted by molar-refractivity contribution is 0.0913. The Hall–Kier alpha value is -1.19. The highest BCUT2D eigenvalue weighted by molar-refractivity contribution is 5.93. The number of aromatic nitrogens is 2. The van der Waals surface area contributed by atoms with Crippen LogP contribution in [-0.2, 0) is 5.41 Å². The molecule has 0 aliphatic rings. The van der Waals surface area contributed by atoms with Gasteiger partial charge in [0, 0.05) is 11.3 Å². The molecule has 15 heavy (non-hydrogen) atoms. The molecule has 1 rings (SSSR count). The van der Waals surface area contributed by atoms with Crippen molar-refractivity contribution in [3.8, 4) is 0 Å². The third-order valence-corrected chi connectivity index (χ3v) is 2.35. The number of carbonyl (C=O) groups excluding carboxylic acids is 1. The van der Waals surface area contributed by atoms with Crippen molar-refractivity contribution in [3.63, 3.8) is 0 Å². The predicted molar refractivity (Wildman–Crippen MR) is 56.8 cm³/mol. The zero-order chi connectivity index (χ0) is 11.6. The van der Waals surface area contributed by atoms with Crippen LogP contribution in [-0.4, -0.2) is 15.9 Å². The first kappa shape index (κ1) is 11.9. The van der Waals surface area contributed by atoms with Crippen molar-refractivity contribution in [3.05, 3.63) is 11.7 Å². The van der Waals surface area contributed by atoms with Crippen LogP contribution in [0.1, 0.15) is 57.5 Å². The largest absolute Gasteiger partial charge is 0.338 e. The van der Waals surface area contributed by atoms with E-state index in [1.165, 1.54) is 0 Å². The number of hydrogen-bond donors (Lipinski definition) is 0. The first-order valence-electron chi connectivity index (χ1n) is 5.24. The summed E-state index contributed by atoms with van der Waals surface area (Å²) in [6.07, 6.45) is 0.790. The molecule has 84 valence electrons. The van der Waals surface area contributed by atoms with Crippen LogP contribution in [0.25, 0.3) is 0 Å². The van der Waals surface area contributed by atoms with Gasteiger partial charge in [0.05, 0.1) is 0 Å². The lowest BCUT2D eigenvalue weighted by Gasteiger charge is -2.10. The monoisotopic (exact) mass is 210 g/mol. The van der Waals surface area contributed by atoms with Crippen LogP contribution in [0.15, 0.2) is 4.52 Å². The van der Waals surface area contributed by atoms with E-state index in [0.29, 0.717) is 5.89 Å². The van der Waals surface area contributed by atoms with Gasteiger partial charge < -0.3 is 4.52 Å². The molecule has 0 N–H and O–H groups in total. The summed E-state index contributed by atoms with van der Waals surface area (Å²) >= 11 is 0. The summed E-state index contributed by atoms with van der Waals surface area (Å²) < 4.78 is 5.06. The van der Waals surface area contributed by atoms with Crippen LogP contribution < -0.4 is 0 Å². The van der Waals surface area contributed by atoms with E-state index in [1.807, 2.05) is 34.6 Å². The molecule has 0 aromatic carbocycles. The first-order valence-corrected chi connectivity index (χ1v) is 5.24. The van der Waals surface area contributed by atoms with Crippen molar-refractivity contribution < 1.29 is 9.32 Å². The summed E-state index contributed by atoms with van der Waals surface area (Å²) in [5.74, 6) is 0.621. The fraction of sp³-hybridized carbons (Fsp3) is 0.727. The molecule has 0 fully saturated rings. The topological polar surface area (TPSA) is 56.0 Å². The van der Waals surface area contributed by atoms with Gasteiger partial charge >= 0.3 is 0 Å². The maximum Gasteiger partial charge on any atom is 0.238 e. The van der Waals surface area contributed by atoms with Crippen LogP contribution in [0.5, 0.6) is 0 Å². The van der Waals surface area contributed by atoms with Gasteiger partial charge in [0.25, 0.3) is 0 Å². The Morgan fingerprint density at radius 3 is 2.47 bits per heavy atom. The van der Waals surface area contributed by atoms with Gasteiger partial charge in [-0.2, -0.15) is 4.98 Å². The number of hydrogen-bond acceptors (Lipinski definition) is 4. The second-order valence-corrected chi connectivity index (χ2v) is 4.85. The zero-order valence-corrected chi connectivity index (χ0v) is 10.00. The summed E-state index contributed by atoms with van der Waals surface area (Å²) in [7, 11) is 0. The molecule has 1 atom stereocenters. The van der Waals surface area contributed by atoms with Gasteiger partial charge in [0.1, 0.15) is 0 Å². The molecule has 1 aromatic heterocycles. The fourth-order valence-corrected chi connectivity index (χ4v) is 1.03. The minimum atomic E-state index is -0.207. The standard InChI is InChI=1S/C11H18N2O2/c1-6-7(2)8(14)9-12-10(15-13-9)11(3,4)5/h7H,6H2,1-5H3/t7-/m0/s1. The van der Waals surface area contributed by atoms with Crippen molar-refractivity contribution in [1.82, 2.24) is 10.1 Å². The summed E-state index contributed by atoms with van der Waals surface area (Å²) in [5.41, 5.74) is -0.207. The number of carbonyl (C=O) groups is 1. The second-order valence-electron chi connectivity index (χ2n) is 4.85. The van der Waals surface area contributed by atoms with Crippen molar-refractivity contribution in [2.75, 3.05) is 0 Å². The highest BCUT2D eigenvalue weighted by Gasteiger charge is 2.25. The van der Waals surface area contributed by atoms with Crippen LogP contribution >= 0.6 is 0 Å². The minimum absolute atomic E-state index is 0.0447. The maximum atomic E-state index is 11.7. The molecule has 0 saturated carbocycles. The molecule has 0 radical (unpaired) electrons. The van der Waals surface area contributed by atoms with Crippen molar-refractivity contribution in [1.29, 1.82) is 0 Å². The average molecular weight is 210 g/mol. The van der Waals surface area contributed by atoms with E-state index in [9.17, 15) is 4.79 Å². The fourth-order valence-electron chi connectivity index (χ4n) is 1.03. The van der Waals surface area contributed by atoms with Crippen LogP contribution in [0, 0.1) is 5.92 Å². The van der Waals surface area contributed by atoms with Gasteiger partial charge in [-0.05, 0) is 6.42 Å². The van der Waals surface area contributed by atoms with Crippen molar-refractivity contribution >= 4 is 5.78 Å². The third kappa shape index (κ3) is 2.64. The molecular weight excluding hydrogens is 192 g/mol. The Morgan fingerprint density at radius 2 is 2.07 bits per heavy atom. The Morgan fingerprint density at radius 1 is 1.47 bits per heavy atom. The second kappa shape index (κ2) is 4.13. The summed E-state index contributed by atoms with van der Waals surface area (Å²) in [4.78, 5) is 15.9. The molecule has 0 saturated heterocycles. The molecule has 4 nitrogen and oxygen atoms in total. The number of rotatable bonds is 3. The summed E-state index contributed by atoms with van der Waals surface area (Å²) in [6, 6.07) is 0. The van der Waals surface area contributed by atoms with Crippen molar-refractivity contribution in [2.45, 2.75) is 46.5 Å². The normalized spacial score (nSPS) is 13.9. The van der Waals surface area contributed by atoms with E-state index in [1.54, 1.807) is 0 Å². The van der Waals surface area contributed by atoms with Gasteiger partial charge in [0.2, 0.25) is 17.5 Å². The molecule has 0 unspecified atom stereocenters. The average Bonchev–Trinajstić information content (AvgIpc) is 2.63. The van der Waals surface area contributed by atoms with E-state index in [-0.39, 0.29) is 22.9 Å². The van der Waals surface area contributed by atoms with Crippen LogP contribution in [0.4, 0.5) is 0 Å². The Kier molecular flexibility index (Phi) is 3.27. The van der Waals surface area contributed by atoms with Gasteiger partial charge in [-0.1, -0.05) is 39.8 Å². The molecular formula is C11H18N2O2. The van der Waals surface area contributed by atoms with E-state index >= 15 is 0 Å². The molecule has 0 aliphatic heterocycles. The number of nitrogens with zero attached hydrogens (tertiary/aromatic N) is 2. The maximum absolute atomic E-state index is 11.7. The van der Waals surface area contributed by atoms with Crippen LogP contribution in [0.3, 0.4) is 0 Å². The SMILES string of the molecule is CC[C@H](C)C(=O)c1noc(C(C)(C)C)n1. The van der Waals surface area contributed by atoms with E-state index in [2.05, 4.69) is 10.1 Å². The number of Topliss-reactive ketones (excluding diaryl/α,β-unsaturated/α-hetero) is 1. The van der Waals surface area contributed by atoms with Crippen molar-refractivity contribution in [2.24, 2.45) is 5.92 Å². The van der Waals surface area contributed by atoms with E-state index < -0.39 is 0 Å². The lowest BCUT2D eigenvalue weighted by atomic mass is 9.97. The first-order chi connectivity index (χ1) is 6.86. The quantitative estimate of drug-likeness (QED) is 0.719. The molecule has 4 heteroatoms. The van der Waals surface area contributed by atoms with E-state index in [0.717, 1.165) is 6.42 Å². The van der Waals surface area contributed by atoms with Gasteiger partial charge in [-0.3, -0.25) is 4.79 Å². The van der Waals surface area contributed by atoms with Gasteiger partial charge in [0.15, 0.2) is 0 Å². The summed E-state index contributed by atoms with van der Waals surface area (Å²) in [5, 5.41) is 3.72. The smallest absolute Gasteiger partial charge is 0.238 e. The Balaban J connectivity index is 2.90. The molecule has 0 spiro atoms. The molecule has 1 heterocycles. The zero-order valence-electron chi connectivity index (χ0n) is 10.00. The van der Waals surface area contributed by atoms with E-state index in [4.69, 9.17) is 4.52 Å². The molecule has 1 aromatic rings. The molecule has 0 aliphatic carbocycles. The molecule has 0 amide bonds. The third-order valence-electron chi connectivity index (χ3n) is 2.35. The Labute approximate surface area is 90.1 Å². The lowest BCUT2D eigenvalue weighted by Crippen LogP contribution is -2.14. The van der Waals surface area contributed by atoms with Gasteiger partial charge in [-0.15, -0.1) is 0 Å². The van der Waals surface area contributed by atoms with Crippen LogP contribution in [0.2, 0.25) is 0 Å². The highest BCUT2D eigenvalue weighted by Crippen LogP contribution is 2.20. The number of ketones is 1. The highest BCUT2D eigenvalue weighted by atomic mass is 16.5. The molecule has 0 bridgehead atoms. The van der Waals surface area contributed by atoms with Gasteiger partial charge in [-0.25, -0.2) is 0 Å². The minimum Gasteiger partial charge on any atom is -0.338 e. The Bertz CT molecular complexity index is 350. The summed E-state index contributed by atoms with van der Waals surface area (Å²) in [6.45, 7) is 9.75. The predicted octanol–water partition coefficient (Wildman–Crippen LogP) is 2.60.